The first-order chi connectivity index (χ1) is 9.72. The molecule has 0 saturated heterocycles. The van der Waals surface area contributed by atoms with Crippen molar-refractivity contribution >= 4 is 5.91 Å². The number of hydrogen-bond acceptors (Lipinski definition) is 3. The van der Waals surface area contributed by atoms with Crippen LogP contribution in [0.2, 0.25) is 0 Å². The minimum Gasteiger partial charge on any atom is -0.493 e. The van der Waals surface area contributed by atoms with Gasteiger partial charge in [0, 0.05) is 12.4 Å². The van der Waals surface area contributed by atoms with Crippen LogP contribution in [0.25, 0.3) is 0 Å². The molecule has 0 saturated carbocycles. The Balaban J connectivity index is 2.12. The van der Waals surface area contributed by atoms with E-state index in [2.05, 4.69) is 10.3 Å². The van der Waals surface area contributed by atoms with Crippen molar-refractivity contribution in [3.05, 3.63) is 59.9 Å². The molecule has 1 heterocycles. The highest BCUT2D eigenvalue weighted by Gasteiger charge is 2.15. The molecule has 4 heteroatoms. The van der Waals surface area contributed by atoms with Gasteiger partial charge < -0.3 is 10.1 Å². The number of amides is 1. The van der Waals surface area contributed by atoms with Crippen LogP contribution in [-0.4, -0.2) is 17.5 Å². The average Bonchev–Trinajstić information content (AvgIpc) is 2.49. The van der Waals surface area contributed by atoms with Crippen molar-refractivity contribution in [1.82, 2.24) is 10.3 Å². The predicted molar refractivity (Wildman–Crippen MR) is 77.7 cm³/mol. The van der Waals surface area contributed by atoms with Gasteiger partial charge in [0.25, 0.3) is 5.91 Å². The van der Waals surface area contributed by atoms with Crippen LogP contribution in [0.5, 0.6) is 5.75 Å². The highest BCUT2D eigenvalue weighted by Crippen LogP contribution is 2.19. The third-order valence-electron chi connectivity index (χ3n) is 2.99. The van der Waals surface area contributed by atoms with Crippen molar-refractivity contribution < 1.29 is 9.53 Å². The quantitative estimate of drug-likeness (QED) is 0.908. The van der Waals surface area contributed by atoms with Gasteiger partial charge in [-0.3, -0.25) is 9.78 Å². The summed E-state index contributed by atoms with van der Waals surface area (Å²) in [6, 6.07) is 10.9. The van der Waals surface area contributed by atoms with Gasteiger partial charge in [-0.2, -0.15) is 0 Å². The summed E-state index contributed by atoms with van der Waals surface area (Å²) >= 11 is 0. The Labute approximate surface area is 118 Å². The molecular formula is C16H18N2O2. The molecule has 1 aromatic heterocycles. The number of para-hydroxylation sites is 1. The van der Waals surface area contributed by atoms with Gasteiger partial charge in [-0.05, 0) is 43.7 Å². The number of hydrogen-bond donors (Lipinski definition) is 1. The van der Waals surface area contributed by atoms with E-state index in [1.807, 2.05) is 38.1 Å². The fraction of sp³-hybridized carbons (Fsp3) is 0.250. The number of carbonyl (C=O) groups is 1. The van der Waals surface area contributed by atoms with Gasteiger partial charge in [-0.15, -0.1) is 0 Å². The van der Waals surface area contributed by atoms with Gasteiger partial charge in [0.15, 0.2) is 0 Å². The molecule has 0 radical (unpaired) electrons. The predicted octanol–water partition coefficient (Wildman–Crippen LogP) is 2.97. The van der Waals surface area contributed by atoms with Crippen LogP contribution in [0.1, 0.15) is 35.8 Å². The molecular weight excluding hydrogens is 252 g/mol. The SMILES string of the molecule is CCOc1ccccc1C(=O)N[C@H](C)c1ccncc1. The second kappa shape index (κ2) is 6.70. The third-order valence-corrected chi connectivity index (χ3v) is 2.99. The fourth-order valence-corrected chi connectivity index (χ4v) is 1.95. The lowest BCUT2D eigenvalue weighted by atomic mass is 10.1. The Morgan fingerprint density at radius 3 is 2.65 bits per heavy atom. The van der Waals surface area contributed by atoms with Crippen LogP contribution in [0, 0.1) is 0 Å². The molecule has 0 spiro atoms. The number of nitrogens with zero attached hydrogens (tertiary/aromatic N) is 1. The summed E-state index contributed by atoms with van der Waals surface area (Å²) in [4.78, 5) is 16.3. The molecule has 0 aliphatic rings. The van der Waals surface area contributed by atoms with Crippen LogP contribution >= 0.6 is 0 Å². The van der Waals surface area contributed by atoms with Crippen molar-refractivity contribution in [2.75, 3.05) is 6.61 Å². The summed E-state index contributed by atoms with van der Waals surface area (Å²) in [5.41, 5.74) is 1.57. The second-order valence-electron chi connectivity index (χ2n) is 4.40. The van der Waals surface area contributed by atoms with Crippen LogP contribution in [0.15, 0.2) is 48.8 Å². The maximum atomic E-state index is 12.3. The molecule has 104 valence electrons. The van der Waals surface area contributed by atoms with Crippen molar-refractivity contribution in [1.29, 1.82) is 0 Å². The minimum atomic E-state index is -0.140. The molecule has 0 aliphatic carbocycles. The molecule has 1 N–H and O–H groups in total. The Bertz CT molecular complexity index is 570. The highest BCUT2D eigenvalue weighted by atomic mass is 16.5. The van der Waals surface area contributed by atoms with Crippen LogP contribution < -0.4 is 10.1 Å². The molecule has 20 heavy (non-hydrogen) atoms. The number of ether oxygens (including phenoxy) is 1. The Morgan fingerprint density at radius 2 is 1.95 bits per heavy atom. The van der Waals surface area contributed by atoms with E-state index in [1.165, 1.54) is 0 Å². The summed E-state index contributed by atoms with van der Waals surface area (Å²) < 4.78 is 5.47. The van der Waals surface area contributed by atoms with E-state index >= 15 is 0 Å². The molecule has 4 nitrogen and oxygen atoms in total. The molecule has 0 aliphatic heterocycles. The lowest BCUT2D eigenvalue weighted by Crippen LogP contribution is -2.27. The maximum absolute atomic E-state index is 12.3. The van der Waals surface area contributed by atoms with E-state index in [0.29, 0.717) is 17.9 Å². The summed E-state index contributed by atoms with van der Waals surface area (Å²) in [7, 11) is 0. The van der Waals surface area contributed by atoms with E-state index < -0.39 is 0 Å². The van der Waals surface area contributed by atoms with Crippen molar-refractivity contribution in [3.8, 4) is 5.75 Å². The van der Waals surface area contributed by atoms with Crippen LogP contribution in [0.4, 0.5) is 0 Å². The number of rotatable bonds is 5. The number of benzene rings is 1. The van der Waals surface area contributed by atoms with E-state index in [4.69, 9.17) is 4.74 Å². The molecule has 0 unspecified atom stereocenters. The van der Waals surface area contributed by atoms with Crippen molar-refractivity contribution in [2.45, 2.75) is 19.9 Å². The molecule has 0 fully saturated rings. The topological polar surface area (TPSA) is 51.2 Å². The monoisotopic (exact) mass is 270 g/mol. The molecule has 2 rings (SSSR count). The molecule has 1 aromatic carbocycles. The number of carbonyl (C=O) groups excluding carboxylic acids is 1. The standard InChI is InChI=1S/C16H18N2O2/c1-3-20-15-7-5-4-6-14(15)16(19)18-12(2)13-8-10-17-11-9-13/h4-12H,3H2,1-2H3,(H,18,19)/t12-/m1/s1. The van der Waals surface area contributed by atoms with Gasteiger partial charge in [-0.25, -0.2) is 0 Å². The zero-order valence-corrected chi connectivity index (χ0v) is 11.7. The summed E-state index contributed by atoms with van der Waals surface area (Å²) in [6.07, 6.45) is 3.43. The van der Waals surface area contributed by atoms with Gasteiger partial charge in [0.2, 0.25) is 0 Å². The maximum Gasteiger partial charge on any atom is 0.255 e. The third kappa shape index (κ3) is 3.35. The van der Waals surface area contributed by atoms with E-state index in [-0.39, 0.29) is 11.9 Å². The normalized spacial score (nSPS) is 11.7. The lowest BCUT2D eigenvalue weighted by molar-refractivity contribution is 0.0936. The average molecular weight is 270 g/mol. The summed E-state index contributed by atoms with van der Waals surface area (Å²) in [5, 5.41) is 2.96. The number of nitrogens with one attached hydrogen (secondary N) is 1. The van der Waals surface area contributed by atoms with Gasteiger partial charge in [0.1, 0.15) is 5.75 Å². The van der Waals surface area contributed by atoms with Crippen molar-refractivity contribution in [3.63, 3.8) is 0 Å². The van der Waals surface area contributed by atoms with E-state index in [1.54, 1.807) is 24.5 Å². The first kappa shape index (κ1) is 14.1. The zero-order chi connectivity index (χ0) is 14.4. The largest absolute Gasteiger partial charge is 0.493 e. The number of pyridine rings is 1. The molecule has 0 bridgehead atoms. The Hall–Kier alpha value is -2.36. The number of aromatic nitrogens is 1. The second-order valence-corrected chi connectivity index (χ2v) is 4.40. The van der Waals surface area contributed by atoms with Gasteiger partial charge in [-0.1, -0.05) is 12.1 Å². The molecule has 1 atom stereocenters. The molecule has 2 aromatic rings. The Morgan fingerprint density at radius 1 is 1.25 bits per heavy atom. The van der Waals surface area contributed by atoms with Crippen molar-refractivity contribution in [2.24, 2.45) is 0 Å². The van der Waals surface area contributed by atoms with E-state index in [0.717, 1.165) is 5.56 Å². The Kier molecular flexibility index (Phi) is 4.71. The minimum absolute atomic E-state index is 0.0832. The fourth-order valence-electron chi connectivity index (χ4n) is 1.95. The first-order valence-electron chi connectivity index (χ1n) is 6.65. The van der Waals surface area contributed by atoms with Crippen LogP contribution in [-0.2, 0) is 0 Å². The van der Waals surface area contributed by atoms with E-state index in [9.17, 15) is 4.79 Å². The first-order valence-corrected chi connectivity index (χ1v) is 6.65. The molecule has 1 amide bonds. The zero-order valence-electron chi connectivity index (χ0n) is 11.7. The van der Waals surface area contributed by atoms with Gasteiger partial charge >= 0.3 is 0 Å². The summed E-state index contributed by atoms with van der Waals surface area (Å²) in [6.45, 7) is 4.37. The summed E-state index contributed by atoms with van der Waals surface area (Å²) in [5.74, 6) is 0.466. The lowest BCUT2D eigenvalue weighted by Gasteiger charge is -2.15. The van der Waals surface area contributed by atoms with Crippen LogP contribution in [0.3, 0.4) is 0 Å². The highest BCUT2D eigenvalue weighted by molar-refractivity contribution is 5.97. The van der Waals surface area contributed by atoms with Gasteiger partial charge in [0.05, 0.1) is 18.2 Å². The smallest absolute Gasteiger partial charge is 0.255 e.